The number of aromatic amines is 1. The lowest BCUT2D eigenvalue weighted by molar-refractivity contribution is 0.0949. The van der Waals surface area contributed by atoms with Crippen molar-refractivity contribution >= 4 is 5.91 Å². The second-order valence-electron chi connectivity index (χ2n) is 3.59. The molecule has 4 N–H and O–H groups in total. The van der Waals surface area contributed by atoms with Crippen molar-refractivity contribution in [2.75, 3.05) is 19.7 Å². The summed E-state index contributed by atoms with van der Waals surface area (Å²) in [4.78, 5) is 14.4. The quantitative estimate of drug-likeness (QED) is 0.532. The van der Waals surface area contributed by atoms with Crippen molar-refractivity contribution in [1.29, 1.82) is 0 Å². The van der Waals surface area contributed by atoms with Gasteiger partial charge in [0.25, 0.3) is 5.91 Å². The van der Waals surface area contributed by atoms with E-state index in [-0.39, 0.29) is 18.6 Å². The van der Waals surface area contributed by atoms with Gasteiger partial charge in [-0.25, -0.2) is 0 Å². The zero-order valence-corrected chi connectivity index (χ0v) is 9.49. The summed E-state index contributed by atoms with van der Waals surface area (Å²) in [6.45, 7) is 3.28. The molecule has 0 saturated carbocycles. The van der Waals surface area contributed by atoms with E-state index in [2.05, 4.69) is 15.6 Å². The summed E-state index contributed by atoms with van der Waals surface area (Å²) in [5.74, 6) is -0.0782. The van der Waals surface area contributed by atoms with E-state index in [1.807, 2.05) is 6.92 Å². The van der Waals surface area contributed by atoms with Gasteiger partial charge in [-0.2, -0.15) is 0 Å². The fraction of sp³-hybridized carbons (Fsp3) is 0.545. The number of hydrogen-bond donors (Lipinski definition) is 4. The third kappa shape index (κ3) is 4.04. The molecular weight excluding hydrogens is 206 g/mol. The highest BCUT2D eigenvalue weighted by molar-refractivity contribution is 5.93. The maximum atomic E-state index is 11.6. The highest BCUT2D eigenvalue weighted by atomic mass is 16.3. The minimum atomic E-state index is -0.0782. The molecule has 0 aliphatic carbocycles. The van der Waals surface area contributed by atoms with Crippen LogP contribution in [0.5, 0.6) is 0 Å². The van der Waals surface area contributed by atoms with Gasteiger partial charge in [0.15, 0.2) is 0 Å². The lowest BCUT2D eigenvalue weighted by Crippen LogP contribution is -2.41. The third-order valence-electron chi connectivity index (χ3n) is 2.41. The normalized spacial score (nSPS) is 12.4. The molecule has 5 nitrogen and oxygen atoms in total. The molecule has 0 saturated heterocycles. The molecule has 0 spiro atoms. The van der Waals surface area contributed by atoms with Crippen molar-refractivity contribution in [3.05, 3.63) is 24.0 Å². The van der Waals surface area contributed by atoms with Gasteiger partial charge in [-0.15, -0.1) is 0 Å². The molecule has 0 aliphatic rings. The molecule has 1 aromatic rings. The van der Waals surface area contributed by atoms with E-state index in [1.54, 1.807) is 18.5 Å². The maximum Gasteiger partial charge on any atom is 0.252 e. The Bertz CT molecular complexity index is 298. The molecule has 90 valence electrons. The van der Waals surface area contributed by atoms with Gasteiger partial charge in [0.1, 0.15) is 0 Å². The Morgan fingerprint density at radius 3 is 3.00 bits per heavy atom. The summed E-state index contributed by atoms with van der Waals surface area (Å²) in [6, 6.07) is 1.94. The fourth-order valence-corrected chi connectivity index (χ4v) is 1.41. The van der Waals surface area contributed by atoms with Gasteiger partial charge in [-0.05, 0) is 12.5 Å². The molecule has 0 fully saturated rings. The first-order valence-electron chi connectivity index (χ1n) is 5.53. The summed E-state index contributed by atoms with van der Waals surface area (Å²) in [6.07, 6.45) is 4.29. The zero-order chi connectivity index (χ0) is 11.8. The van der Waals surface area contributed by atoms with E-state index < -0.39 is 0 Å². The van der Waals surface area contributed by atoms with Gasteiger partial charge in [0, 0.05) is 31.5 Å². The maximum absolute atomic E-state index is 11.6. The Labute approximate surface area is 95.3 Å². The second-order valence-corrected chi connectivity index (χ2v) is 3.59. The van der Waals surface area contributed by atoms with Crippen molar-refractivity contribution in [2.45, 2.75) is 19.4 Å². The number of nitrogens with one attached hydrogen (secondary N) is 3. The van der Waals surface area contributed by atoms with Crippen LogP contribution in [0.3, 0.4) is 0 Å². The molecule has 1 unspecified atom stereocenters. The van der Waals surface area contributed by atoms with Crippen LogP contribution in [0.4, 0.5) is 0 Å². The number of amides is 1. The topological polar surface area (TPSA) is 77.2 Å². The van der Waals surface area contributed by atoms with Crippen LogP contribution >= 0.6 is 0 Å². The van der Waals surface area contributed by atoms with Crippen LogP contribution in [0.15, 0.2) is 18.5 Å². The lowest BCUT2D eigenvalue weighted by atomic mass is 10.2. The number of H-pyrrole nitrogens is 1. The molecule has 16 heavy (non-hydrogen) atoms. The first-order chi connectivity index (χ1) is 7.77. The van der Waals surface area contributed by atoms with E-state index in [1.165, 1.54) is 0 Å². The average Bonchev–Trinajstić information content (AvgIpc) is 2.82. The number of aliphatic hydroxyl groups is 1. The number of aliphatic hydroxyl groups excluding tert-OH is 1. The van der Waals surface area contributed by atoms with E-state index >= 15 is 0 Å². The Morgan fingerprint density at radius 2 is 2.44 bits per heavy atom. The van der Waals surface area contributed by atoms with Gasteiger partial charge in [0.05, 0.1) is 12.2 Å². The van der Waals surface area contributed by atoms with Crippen molar-refractivity contribution in [3.63, 3.8) is 0 Å². The molecule has 0 radical (unpaired) electrons. The van der Waals surface area contributed by atoms with Crippen LogP contribution in [0.1, 0.15) is 23.7 Å². The van der Waals surface area contributed by atoms with Crippen LogP contribution in [0, 0.1) is 0 Å². The largest absolute Gasteiger partial charge is 0.395 e. The van der Waals surface area contributed by atoms with Crippen molar-refractivity contribution in [3.8, 4) is 0 Å². The molecule has 1 rings (SSSR count). The first-order valence-corrected chi connectivity index (χ1v) is 5.53. The van der Waals surface area contributed by atoms with E-state index in [9.17, 15) is 4.79 Å². The number of carbonyl (C=O) groups is 1. The lowest BCUT2D eigenvalue weighted by Gasteiger charge is -2.16. The predicted molar refractivity (Wildman–Crippen MR) is 62.3 cm³/mol. The van der Waals surface area contributed by atoms with Crippen LogP contribution in [0.2, 0.25) is 0 Å². The van der Waals surface area contributed by atoms with E-state index in [0.29, 0.717) is 18.7 Å². The summed E-state index contributed by atoms with van der Waals surface area (Å²) in [5, 5.41) is 14.7. The third-order valence-corrected chi connectivity index (χ3v) is 2.41. The summed E-state index contributed by atoms with van der Waals surface area (Å²) < 4.78 is 0. The number of aromatic nitrogens is 1. The standard InChI is InChI=1S/C11H19N3O2/c1-2-10(13-5-6-15)8-14-11(16)9-3-4-12-7-9/h3-4,7,10,12-13,15H,2,5-6,8H2,1H3,(H,14,16). The molecular formula is C11H19N3O2. The van der Waals surface area contributed by atoms with Gasteiger partial charge >= 0.3 is 0 Å². The smallest absolute Gasteiger partial charge is 0.252 e. The van der Waals surface area contributed by atoms with Gasteiger partial charge < -0.3 is 20.7 Å². The molecule has 1 aromatic heterocycles. The molecule has 0 bridgehead atoms. The number of carbonyl (C=O) groups excluding carboxylic acids is 1. The van der Waals surface area contributed by atoms with Crippen molar-refractivity contribution in [2.24, 2.45) is 0 Å². The molecule has 1 amide bonds. The first kappa shape index (κ1) is 12.7. The SMILES string of the molecule is CCC(CNC(=O)c1cc[nH]c1)NCCO. The van der Waals surface area contributed by atoms with Crippen molar-refractivity contribution in [1.82, 2.24) is 15.6 Å². The molecule has 5 heteroatoms. The van der Waals surface area contributed by atoms with Crippen LogP contribution in [-0.2, 0) is 0 Å². The average molecular weight is 225 g/mol. The monoisotopic (exact) mass is 225 g/mol. The zero-order valence-electron chi connectivity index (χ0n) is 9.49. The summed E-state index contributed by atoms with van der Waals surface area (Å²) in [7, 11) is 0. The van der Waals surface area contributed by atoms with Crippen LogP contribution in [0.25, 0.3) is 0 Å². The Hall–Kier alpha value is -1.33. The Morgan fingerprint density at radius 1 is 1.62 bits per heavy atom. The Kier molecular flexibility index (Phi) is 5.60. The number of hydrogen-bond acceptors (Lipinski definition) is 3. The predicted octanol–water partition coefficient (Wildman–Crippen LogP) is 0.105. The second kappa shape index (κ2) is 7.03. The Balaban J connectivity index is 2.29. The van der Waals surface area contributed by atoms with Gasteiger partial charge in [-0.3, -0.25) is 4.79 Å². The summed E-state index contributed by atoms with van der Waals surface area (Å²) in [5.41, 5.74) is 0.636. The summed E-state index contributed by atoms with van der Waals surface area (Å²) >= 11 is 0. The molecule has 1 heterocycles. The van der Waals surface area contributed by atoms with E-state index in [0.717, 1.165) is 6.42 Å². The van der Waals surface area contributed by atoms with Crippen molar-refractivity contribution < 1.29 is 9.90 Å². The molecule has 1 atom stereocenters. The number of rotatable bonds is 7. The highest BCUT2D eigenvalue weighted by Crippen LogP contribution is 1.96. The minimum absolute atomic E-state index is 0.0782. The fourth-order valence-electron chi connectivity index (χ4n) is 1.41. The highest BCUT2D eigenvalue weighted by Gasteiger charge is 2.09. The van der Waals surface area contributed by atoms with Gasteiger partial charge in [0.2, 0.25) is 0 Å². The molecule has 0 aliphatic heterocycles. The van der Waals surface area contributed by atoms with Crippen LogP contribution in [-0.4, -0.2) is 41.7 Å². The van der Waals surface area contributed by atoms with Gasteiger partial charge in [-0.1, -0.05) is 6.92 Å². The van der Waals surface area contributed by atoms with E-state index in [4.69, 9.17) is 5.11 Å². The molecule has 0 aromatic carbocycles. The minimum Gasteiger partial charge on any atom is -0.395 e. The van der Waals surface area contributed by atoms with Crippen LogP contribution < -0.4 is 10.6 Å².